The van der Waals surface area contributed by atoms with Crippen LogP contribution in [0.25, 0.3) is 0 Å². The summed E-state index contributed by atoms with van der Waals surface area (Å²) in [5, 5.41) is 13.6. The highest BCUT2D eigenvalue weighted by Crippen LogP contribution is 2.52. The average molecular weight is 277 g/mol. The van der Waals surface area contributed by atoms with Crippen LogP contribution in [0.2, 0.25) is 0 Å². The molecule has 4 atom stereocenters. The summed E-state index contributed by atoms with van der Waals surface area (Å²) in [5.74, 6) is -3.06. The smallest absolute Gasteiger partial charge is 0.236 e. The highest BCUT2D eigenvalue weighted by Gasteiger charge is 2.65. The van der Waals surface area contributed by atoms with Gasteiger partial charge in [-0.25, -0.2) is 4.98 Å². The van der Waals surface area contributed by atoms with E-state index in [1.165, 1.54) is 16.2 Å². The summed E-state index contributed by atoms with van der Waals surface area (Å²) < 4.78 is 5.74. The van der Waals surface area contributed by atoms with E-state index in [2.05, 4.69) is 4.98 Å². The summed E-state index contributed by atoms with van der Waals surface area (Å²) in [6.07, 6.45) is 4.60. The Kier molecular flexibility index (Phi) is 2.01. The summed E-state index contributed by atoms with van der Waals surface area (Å²) in [4.78, 5) is 29.4. The van der Waals surface area contributed by atoms with E-state index in [-0.39, 0.29) is 5.91 Å². The lowest BCUT2D eigenvalue weighted by Gasteiger charge is -2.24. The number of aromatic nitrogens is 1. The van der Waals surface area contributed by atoms with Crippen molar-refractivity contribution in [3.8, 4) is 0 Å². The minimum Gasteiger partial charge on any atom is -0.550 e. The molecule has 4 rings (SSSR count). The standard InChI is InChI=1S/C12H10N2O4S/c15-9-8-7(10(16)17)6-1-2-12(8,18-6)5-14(9)11-13-3-4-19-11/h1-4,6-8H,5H2,(H,16,17)/p-1/t6-,7+,8-,12-/m1/s1. The van der Waals surface area contributed by atoms with Gasteiger partial charge in [0.2, 0.25) is 5.91 Å². The molecule has 6 nitrogen and oxygen atoms in total. The molecular formula is C12H9N2O4S-. The van der Waals surface area contributed by atoms with Gasteiger partial charge in [0.15, 0.2) is 5.13 Å². The minimum atomic E-state index is -1.23. The third kappa shape index (κ3) is 1.26. The lowest BCUT2D eigenvalue weighted by molar-refractivity contribution is -0.313. The number of ether oxygens (including phenoxy) is 1. The molecule has 2 bridgehead atoms. The number of hydrogen-bond acceptors (Lipinski definition) is 6. The van der Waals surface area contributed by atoms with Gasteiger partial charge in [0.05, 0.1) is 18.6 Å². The van der Waals surface area contributed by atoms with E-state index in [4.69, 9.17) is 4.74 Å². The molecule has 1 spiro atoms. The third-order valence-electron chi connectivity index (χ3n) is 4.02. The maximum absolute atomic E-state index is 12.5. The number of amides is 1. The summed E-state index contributed by atoms with van der Waals surface area (Å²) in [5.41, 5.74) is -0.821. The Balaban J connectivity index is 1.77. The maximum Gasteiger partial charge on any atom is 0.236 e. The van der Waals surface area contributed by atoms with Gasteiger partial charge in [-0.15, -0.1) is 11.3 Å². The van der Waals surface area contributed by atoms with Crippen LogP contribution < -0.4 is 10.0 Å². The molecule has 2 saturated heterocycles. The number of carbonyl (C=O) groups is 2. The normalized spacial score (nSPS) is 39.1. The van der Waals surface area contributed by atoms with Gasteiger partial charge in [-0.05, 0) is 0 Å². The maximum atomic E-state index is 12.5. The molecule has 4 heterocycles. The molecule has 98 valence electrons. The van der Waals surface area contributed by atoms with E-state index in [0.717, 1.165) is 0 Å². The van der Waals surface area contributed by atoms with Crippen molar-refractivity contribution < 1.29 is 19.4 Å². The topological polar surface area (TPSA) is 82.6 Å². The minimum absolute atomic E-state index is 0.240. The molecule has 7 heteroatoms. The monoisotopic (exact) mass is 277 g/mol. The Bertz CT molecular complexity index is 599. The van der Waals surface area contributed by atoms with Crippen LogP contribution in [-0.4, -0.2) is 35.1 Å². The molecule has 3 aliphatic rings. The zero-order valence-electron chi connectivity index (χ0n) is 9.68. The number of thiazole rings is 1. The lowest BCUT2D eigenvalue weighted by Crippen LogP contribution is -2.45. The predicted octanol–water partition coefficient (Wildman–Crippen LogP) is -0.821. The van der Waals surface area contributed by atoms with Crippen LogP contribution in [0.5, 0.6) is 0 Å². The van der Waals surface area contributed by atoms with Crippen molar-refractivity contribution in [2.24, 2.45) is 11.8 Å². The average Bonchev–Trinajstić information content (AvgIpc) is 3.09. The first kappa shape index (κ1) is 11.1. The molecule has 1 aromatic rings. The van der Waals surface area contributed by atoms with E-state index in [0.29, 0.717) is 11.7 Å². The van der Waals surface area contributed by atoms with Crippen LogP contribution >= 0.6 is 11.3 Å². The molecule has 0 aromatic carbocycles. The van der Waals surface area contributed by atoms with Crippen molar-refractivity contribution in [3.63, 3.8) is 0 Å². The van der Waals surface area contributed by atoms with E-state index in [1.807, 2.05) is 6.08 Å². The fraction of sp³-hybridized carbons (Fsp3) is 0.417. The Hall–Kier alpha value is -1.73. The number of carboxylic acids is 1. The number of anilines is 1. The van der Waals surface area contributed by atoms with Crippen LogP contribution in [0.15, 0.2) is 23.7 Å². The molecule has 3 aliphatic heterocycles. The Morgan fingerprint density at radius 2 is 2.47 bits per heavy atom. The first-order chi connectivity index (χ1) is 9.12. The van der Waals surface area contributed by atoms with Crippen LogP contribution in [0.1, 0.15) is 0 Å². The Morgan fingerprint density at radius 3 is 3.16 bits per heavy atom. The second kappa shape index (κ2) is 3.43. The second-order valence-electron chi connectivity index (χ2n) is 4.96. The number of aliphatic carboxylic acids is 1. The van der Waals surface area contributed by atoms with Gasteiger partial charge in [0, 0.05) is 23.5 Å². The van der Waals surface area contributed by atoms with Gasteiger partial charge in [-0.2, -0.15) is 0 Å². The van der Waals surface area contributed by atoms with E-state index < -0.39 is 29.5 Å². The SMILES string of the molecule is O=C([O-])[C@H]1[C@H]2C=C[C@]3(CN(c4nccs4)C(=O)[C@@H]13)O2. The lowest BCUT2D eigenvalue weighted by atomic mass is 9.77. The molecule has 0 unspecified atom stereocenters. The van der Waals surface area contributed by atoms with Crippen LogP contribution in [0.4, 0.5) is 5.13 Å². The summed E-state index contributed by atoms with van der Waals surface area (Å²) in [6.45, 7) is 0.320. The largest absolute Gasteiger partial charge is 0.550 e. The molecule has 2 fully saturated rings. The van der Waals surface area contributed by atoms with E-state index >= 15 is 0 Å². The van der Waals surface area contributed by atoms with E-state index in [9.17, 15) is 14.7 Å². The summed E-state index contributed by atoms with van der Waals surface area (Å²) in [7, 11) is 0. The number of nitrogens with zero attached hydrogens (tertiary/aromatic N) is 2. The summed E-state index contributed by atoms with van der Waals surface area (Å²) in [6, 6.07) is 0. The van der Waals surface area contributed by atoms with Gasteiger partial charge >= 0.3 is 0 Å². The highest BCUT2D eigenvalue weighted by molar-refractivity contribution is 7.13. The van der Waals surface area contributed by atoms with Crippen LogP contribution in [0, 0.1) is 11.8 Å². The molecule has 0 aliphatic carbocycles. The van der Waals surface area contributed by atoms with Gasteiger partial charge < -0.3 is 14.6 Å². The molecule has 19 heavy (non-hydrogen) atoms. The van der Waals surface area contributed by atoms with Crippen molar-refractivity contribution >= 4 is 28.3 Å². The number of hydrogen-bond donors (Lipinski definition) is 0. The molecule has 1 amide bonds. The van der Waals surface area contributed by atoms with Gasteiger partial charge in [0.1, 0.15) is 5.60 Å². The fourth-order valence-electron chi connectivity index (χ4n) is 3.28. The van der Waals surface area contributed by atoms with Crippen LogP contribution in [-0.2, 0) is 14.3 Å². The molecule has 1 aromatic heterocycles. The Morgan fingerprint density at radius 1 is 1.63 bits per heavy atom. The number of rotatable bonds is 2. The number of carbonyl (C=O) groups excluding carboxylic acids is 2. The van der Waals surface area contributed by atoms with Gasteiger partial charge in [0.25, 0.3) is 0 Å². The van der Waals surface area contributed by atoms with E-state index in [1.54, 1.807) is 17.7 Å². The third-order valence-corrected chi connectivity index (χ3v) is 4.82. The number of fused-ring (bicyclic) bond motifs is 1. The van der Waals surface area contributed by atoms with Crippen molar-refractivity contribution in [3.05, 3.63) is 23.7 Å². The zero-order valence-corrected chi connectivity index (χ0v) is 10.5. The number of carboxylic acid groups (broad SMARTS) is 1. The first-order valence-corrected chi connectivity index (χ1v) is 6.79. The molecular weight excluding hydrogens is 268 g/mol. The molecule has 0 N–H and O–H groups in total. The van der Waals surface area contributed by atoms with Crippen LogP contribution in [0.3, 0.4) is 0 Å². The Labute approximate surface area is 112 Å². The fourth-order valence-corrected chi connectivity index (χ4v) is 3.93. The molecule has 0 radical (unpaired) electrons. The van der Waals surface area contributed by atoms with Crippen molar-refractivity contribution in [2.75, 3.05) is 11.4 Å². The molecule has 0 saturated carbocycles. The zero-order chi connectivity index (χ0) is 13.2. The van der Waals surface area contributed by atoms with Gasteiger partial charge in [-0.3, -0.25) is 9.69 Å². The van der Waals surface area contributed by atoms with Gasteiger partial charge in [-0.1, -0.05) is 12.2 Å². The van der Waals surface area contributed by atoms with Crippen molar-refractivity contribution in [1.82, 2.24) is 4.98 Å². The quantitative estimate of drug-likeness (QED) is 0.660. The van der Waals surface area contributed by atoms with Crippen molar-refractivity contribution in [2.45, 2.75) is 11.7 Å². The predicted molar refractivity (Wildman–Crippen MR) is 63.2 cm³/mol. The first-order valence-electron chi connectivity index (χ1n) is 5.91. The highest BCUT2D eigenvalue weighted by atomic mass is 32.1. The second-order valence-corrected chi connectivity index (χ2v) is 5.83. The van der Waals surface area contributed by atoms with Crippen molar-refractivity contribution in [1.29, 1.82) is 0 Å². The summed E-state index contributed by atoms with van der Waals surface area (Å²) >= 11 is 1.35.